The SMILES string of the molecule is COc1cc(C)ccc1C(C)NCc1ccc(C)nc1. The van der Waals surface area contributed by atoms with E-state index in [1.54, 1.807) is 7.11 Å². The molecule has 1 unspecified atom stereocenters. The Balaban J connectivity index is 2.04. The van der Waals surface area contributed by atoms with E-state index in [-0.39, 0.29) is 6.04 Å². The molecule has 1 atom stereocenters. The molecule has 1 heterocycles. The number of rotatable bonds is 5. The molecule has 0 aliphatic carbocycles. The minimum atomic E-state index is 0.229. The first-order valence-corrected chi connectivity index (χ1v) is 6.89. The Bertz CT molecular complexity index is 564. The van der Waals surface area contributed by atoms with Gasteiger partial charge < -0.3 is 10.1 Å². The summed E-state index contributed by atoms with van der Waals surface area (Å²) in [6.07, 6.45) is 1.92. The van der Waals surface area contributed by atoms with Crippen LogP contribution < -0.4 is 10.1 Å². The molecule has 1 aromatic carbocycles. The molecule has 0 aliphatic rings. The Morgan fingerprint density at radius 3 is 2.65 bits per heavy atom. The number of hydrogen-bond acceptors (Lipinski definition) is 3. The molecular formula is C17H22N2O. The Kier molecular flexibility index (Phi) is 4.74. The van der Waals surface area contributed by atoms with Crippen molar-refractivity contribution in [3.63, 3.8) is 0 Å². The third kappa shape index (κ3) is 3.58. The highest BCUT2D eigenvalue weighted by Crippen LogP contribution is 2.26. The van der Waals surface area contributed by atoms with Crippen LogP contribution in [0.3, 0.4) is 0 Å². The fourth-order valence-corrected chi connectivity index (χ4v) is 2.16. The van der Waals surface area contributed by atoms with Gasteiger partial charge in [0, 0.05) is 30.0 Å². The van der Waals surface area contributed by atoms with Crippen molar-refractivity contribution in [3.8, 4) is 5.75 Å². The lowest BCUT2D eigenvalue weighted by molar-refractivity contribution is 0.401. The average molecular weight is 270 g/mol. The number of aryl methyl sites for hydroxylation is 2. The van der Waals surface area contributed by atoms with Crippen molar-refractivity contribution in [1.82, 2.24) is 10.3 Å². The van der Waals surface area contributed by atoms with Gasteiger partial charge in [-0.2, -0.15) is 0 Å². The Labute approximate surface area is 121 Å². The zero-order valence-corrected chi connectivity index (χ0v) is 12.6. The van der Waals surface area contributed by atoms with Gasteiger partial charge in [0.1, 0.15) is 5.75 Å². The predicted molar refractivity (Wildman–Crippen MR) is 82.0 cm³/mol. The maximum Gasteiger partial charge on any atom is 0.123 e. The van der Waals surface area contributed by atoms with Crippen LogP contribution in [0.2, 0.25) is 0 Å². The maximum absolute atomic E-state index is 5.46. The first-order chi connectivity index (χ1) is 9.60. The highest BCUT2D eigenvalue weighted by molar-refractivity contribution is 5.39. The number of aromatic nitrogens is 1. The first-order valence-electron chi connectivity index (χ1n) is 6.89. The second-order valence-electron chi connectivity index (χ2n) is 5.16. The zero-order valence-electron chi connectivity index (χ0n) is 12.6. The Morgan fingerprint density at radius 1 is 1.20 bits per heavy atom. The van der Waals surface area contributed by atoms with E-state index in [0.29, 0.717) is 0 Å². The molecule has 20 heavy (non-hydrogen) atoms. The van der Waals surface area contributed by atoms with Crippen molar-refractivity contribution in [3.05, 3.63) is 58.9 Å². The second-order valence-corrected chi connectivity index (χ2v) is 5.16. The third-order valence-electron chi connectivity index (χ3n) is 3.44. The summed E-state index contributed by atoms with van der Waals surface area (Å²) >= 11 is 0. The van der Waals surface area contributed by atoms with E-state index in [1.165, 1.54) is 16.7 Å². The lowest BCUT2D eigenvalue weighted by atomic mass is 10.0. The molecule has 0 fully saturated rings. The van der Waals surface area contributed by atoms with Gasteiger partial charge >= 0.3 is 0 Å². The largest absolute Gasteiger partial charge is 0.496 e. The molecule has 0 bridgehead atoms. The second kappa shape index (κ2) is 6.53. The molecule has 0 aliphatic heterocycles. The van der Waals surface area contributed by atoms with Crippen LogP contribution in [0.4, 0.5) is 0 Å². The average Bonchev–Trinajstić information content (AvgIpc) is 2.46. The summed E-state index contributed by atoms with van der Waals surface area (Å²) < 4.78 is 5.46. The fraction of sp³-hybridized carbons (Fsp3) is 0.353. The molecule has 106 valence electrons. The van der Waals surface area contributed by atoms with Crippen molar-refractivity contribution in [2.24, 2.45) is 0 Å². The monoisotopic (exact) mass is 270 g/mol. The zero-order chi connectivity index (χ0) is 14.5. The van der Waals surface area contributed by atoms with Gasteiger partial charge in [-0.05, 0) is 44.0 Å². The highest BCUT2D eigenvalue weighted by atomic mass is 16.5. The molecular weight excluding hydrogens is 248 g/mol. The van der Waals surface area contributed by atoms with Crippen LogP contribution in [-0.4, -0.2) is 12.1 Å². The van der Waals surface area contributed by atoms with Crippen molar-refractivity contribution in [1.29, 1.82) is 0 Å². The van der Waals surface area contributed by atoms with E-state index < -0.39 is 0 Å². The topological polar surface area (TPSA) is 34.1 Å². The van der Waals surface area contributed by atoms with Crippen molar-refractivity contribution in [2.75, 3.05) is 7.11 Å². The van der Waals surface area contributed by atoms with Gasteiger partial charge in [-0.25, -0.2) is 0 Å². The lowest BCUT2D eigenvalue weighted by Gasteiger charge is -2.18. The van der Waals surface area contributed by atoms with Gasteiger partial charge in [-0.1, -0.05) is 18.2 Å². The van der Waals surface area contributed by atoms with Crippen LogP contribution in [0.25, 0.3) is 0 Å². The summed E-state index contributed by atoms with van der Waals surface area (Å²) in [5.74, 6) is 0.937. The Morgan fingerprint density at radius 2 is 2.00 bits per heavy atom. The standard InChI is InChI=1S/C17H22N2O/c1-12-5-8-16(17(9-12)20-4)14(3)19-11-15-7-6-13(2)18-10-15/h5-10,14,19H,11H2,1-4H3. The summed E-state index contributed by atoms with van der Waals surface area (Å²) in [6.45, 7) is 7.01. The quantitative estimate of drug-likeness (QED) is 0.902. The molecule has 0 saturated heterocycles. The van der Waals surface area contributed by atoms with Crippen LogP contribution in [0, 0.1) is 13.8 Å². The van der Waals surface area contributed by atoms with Crippen molar-refractivity contribution in [2.45, 2.75) is 33.4 Å². The lowest BCUT2D eigenvalue weighted by Crippen LogP contribution is -2.18. The highest BCUT2D eigenvalue weighted by Gasteiger charge is 2.11. The van der Waals surface area contributed by atoms with Gasteiger partial charge in [-0.3, -0.25) is 4.98 Å². The molecule has 0 spiro atoms. The molecule has 2 rings (SSSR count). The summed E-state index contributed by atoms with van der Waals surface area (Å²) in [6, 6.07) is 10.7. The molecule has 3 nitrogen and oxygen atoms in total. The van der Waals surface area contributed by atoms with Crippen molar-refractivity contribution < 1.29 is 4.74 Å². The van der Waals surface area contributed by atoms with Crippen LogP contribution in [0.15, 0.2) is 36.5 Å². The van der Waals surface area contributed by atoms with E-state index in [1.807, 2.05) is 19.2 Å². The summed E-state index contributed by atoms with van der Waals surface area (Å²) in [4.78, 5) is 4.31. The van der Waals surface area contributed by atoms with E-state index in [2.05, 4.69) is 48.4 Å². The van der Waals surface area contributed by atoms with Gasteiger partial charge in [0.2, 0.25) is 0 Å². The van der Waals surface area contributed by atoms with Crippen LogP contribution in [0.1, 0.15) is 35.3 Å². The molecule has 2 aromatic rings. The summed E-state index contributed by atoms with van der Waals surface area (Å²) in [5, 5.41) is 3.51. The number of ether oxygens (including phenoxy) is 1. The van der Waals surface area contributed by atoms with Gasteiger partial charge in [0.15, 0.2) is 0 Å². The minimum absolute atomic E-state index is 0.229. The van der Waals surface area contributed by atoms with E-state index in [0.717, 1.165) is 18.0 Å². The fourth-order valence-electron chi connectivity index (χ4n) is 2.16. The minimum Gasteiger partial charge on any atom is -0.496 e. The first kappa shape index (κ1) is 14.5. The normalized spacial score (nSPS) is 12.2. The van der Waals surface area contributed by atoms with E-state index in [4.69, 9.17) is 4.74 Å². The number of nitrogens with one attached hydrogen (secondary N) is 1. The van der Waals surface area contributed by atoms with E-state index >= 15 is 0 Å². The van der Waals surface area contributed by atoms with Gasteiger partial charge in [-0.15, -0.1) is 0 Å². The molecule has 3 heteroatoms. The predicted octanol–water partition coefficient (Wildman–Crippen LogP) is 3.56. The smallest absolute Gasteiger partial charge is 0.123 e. The third-order valence-corrected chi connectivity index (χ3v) is 3.44. The van der Waals surface area contributed by atoms with Crippen molar-refractivity contribution >= 4 is 0 Å². The molecule has 0 amide bonds. The number of methoxy groups -OCH3 is 1. The molecule has 1 aromatic heterocycles. The van der Waals surface area contributed by atoms with Gasteiger partial charge in [0.05, 0.1) is 7.11 Å². The summed E-state index contributed by atoms with van der Waals surface area (Å²) in [7, 11) is 1.72. The van der Waals surface area contributed by atoms with Crippen LogP contribution >= 0.6 is 0 Å². The van der Waals surface area contributed by atoms with Crippen LogP contribution in [-0.2, 0) is 6.54 Å². The molecule has 0 saturated carbocycles. The number of pyridine rings is 1. The van der Waals surface area contributed by atoms with Crippen LogP contribution in [0.5, 0.6) is 5.75 Å². The molecule has 0 radical (unpaired) electrons. The molecule has 1 N–H and O–H groups in total. The maximum atomic E-state index is 5.46. The number of nitrogens with zero attached hydrogens (tertiary/aromatic N) is 1. The number of hydrogen-bond donors (Lipinski definition) is 1. The summed E-state index contributed by atoms with van der Waals surface area (Å²) in [5.41, 5.74) is 4.62. The van der Waals surface area contributed by atoms with E-state index in [9.17, 15) is 0 Å². The Hall–Kier alpha value is -1.87. The number of benzene rings is 1. The van der Waals surface area contributed by atoms with Gasteiger partial charge in [0.25, 0.3) is 0 Å².